The highest BCUT2D eigenvalue weighted by atomic mass is 16.1. The van der Waals surface area contributed by atoms with E-state index in [9.17, 15) is 4.79 Å². The van der Waals surface area contributed by atoms with Crippen LogP contribution in [0.15, 0.2) is 11.1 Å². The SMILES string of the molecule is CC/C(C)=C1\CCC(CN(C)C)C1=O. The van der Waals surface area contributed by atoms with Gasteiger partial charge >= 0.3 is 0 Å². The minimum Gasteiger partial charge on any atom is -0.309 e. The van der Waals surface area contributed by atoms with E-state index in [0.717, 1.165) is 31.4 Å². The highest BCUT2D eigenvalue weighted by Gasteiger charge is 2.30. The van der Waals surface area contributed by atoms with Gasteiger partial charge in [-0.3, -0.25) is 4.79 Å². The van der Waals surface area contributed by atoms with Gasteiger partial charge in [-0.1, -0.05) is 12.5 Å². The van der Waals surface area contributed by atoms with Crippen molar-refractivity contribution >= 4 is 5.78 Å². The van der Waals surface area contributed by atoms with Gasteiger partial charge in [0.2, 0.25) is 0 Å². The third-order valence-electron chi connectivity index (χ3n) is 3.04. The maximum absolute atomic E-state index is 12.0. The van der Waals surface area contributed by atoms with Gasteiger partial charge in [-0.25, -0.2) is 0 Å². The zero-order chi connectivity index (χ0) is 10.7. The number of carbonyl (C=O) groups is 1. The molecule has 1 saturated carbocycles. The van der Waals surface area contributed by atoms with Gasteiger partial charge in [-0.15, -0.1) is 0 Å². The molecule has 1 rings (SSSR count). The summed E-state index contributed by atoms with van der Waals surface area (Å²) in [5, 5.41) is 0. The molecule has 0 amide bonds. The topological polar surface area (TPSA) is 20.3 Å². The molecule has 80 valence electrons. The fourth-order valence-corrected chi connectivity index (χ4v) is 2.07. The fraction of sp³-hybridized carbons (Fsp3) is 0.750. The molecule has 14 heavy (non-hydrogen) atoms. The largest absolute Gasteiger partial charge is 0.309 e. The summed E-state index contributed by atoms with van der Waals surface area (Å²) < 4.78 is 0. The number of rotatable bonds is 3. The van der Waals surface area contributed by atoms with Gasteiger partial charge in [0.1, 0.15) is 0 Å². The van der Waals surface area contributed by atoms with E-state index in [1.54, 1.807) is 0 Å². The van der Waals surface area contributed by atoms with Gasteiger partial charge in [-0.05, 0) is 45.9 Å². The van der Waals surface area contributed by atoms with Crippen molar-refractivity contribution in [2.75, 3.05) is 20.6 Å². The van der Waals surface area contributed by atoms with Crippen molar-refractivity contribution in [3.8, 4) is 0 Å². The lowest BCUT2D eigenvalue weighted by Gasteiger charge is -2.14. The Morgan fingerprint density at radius 3 is 2.64 bits per heavy atom. The Morgan fingerprint density at radius 1 is 1.50 bits per heavy atom. The number of Topliss-reactive ketones (excluding diaryl/α,β-unsaturated/α-hetero) is 1. The van der Waals surface area contributed by atoms with Gasteiger partial charge < -0.3 is 4.90 Å². The standard InChI is InChI=1S/C12H21NO/c1-5-9(2)11-7-6-10(12(11)14)8-13(3)4/h10H,5-8H2,1-4H3/b11-9+. The summed E-state index contributed by atoms with van der Waals surface area (Å²) >= 11 is 0. The molecule has 0 radical (unpaired) electrons. The molecular weight excluding hydrogens is 174 g/mol. The fourth-order valence-electron chi connectivity index (χ4n) is 2.07. The number of carbonyl (C=O) groups excluding carboxylic acids is 1. The van der Waals surface area contributed by atoms with Crippen LogP contribution in [0.4, 0.5) is 0 Å². The zero-order valence-corrected chi connectivity index (χ0v) is 9.76. The summed E-state index contributed by atoms with van der Waals surface area (Å²) in [6.45, 7) is 5.11. The Balaban J connectivity index is 2.69. The van der Waals surface area contributed by atoms with E-state index < -0.39 is 0 Å². The lowest BCUT2D eigenvalue weighted by Crippen LogP contribution is -2.24. The second-order valence-corrected chi connectivity index (χ2v) is 4.47. The first-order chi connectivity index (χ1) is 6.56. The number of ketones is 1. The van der Waals surface area contributed by atoms with E-state index in [2.05, 4.69) is 18.7 Å². The third kappa shape index (κ3) is 2.44. The first kappa shape index (κ1) is 11.4. The molecule has 0 aromatic rings. The Labute approximate surface area is 87.0 Å². The highest BCUT2D eigenvalue weighted by Crippen LogP contribution is 2.30. The Hall–Kier alpha value is -0.630. The van der Waals surface area contributed by atoms with Gasteiger partial charge in [0, 0.05) is 12.5 Å². The molecular formula is C12H21NO. The minimum atomic E-state index is 0.251. The summed E-state index contributed by atoms with van der Waals surface area (Å²) in [6, 6.07) is 0. The molecule has 0 bridgehead atoms. The lowest BCUT2D eigenvalue weighted by atomic mass is 10.0. The van der Waals surface area contributed by atoms with E-state index in [1.807, 2.05) is 14.1 Å². The normalized spacial score (nSPS) is 26.1. The van der Waals surface area contributed by atoms with Crippen LogP contribution in [0.5, 0.6) is 0 Å². The van der Waals surface area contributed by atoms with Crippen LogP contribution in [0.25, 0.3) is 0 Å². The van der Waals surface area contributed by atoms with Crippen molar-refractivity contribution in [3.63, 3.8) is 0 Å². The van der Waals surface area contributed by atoms with Crippen LogP contribution in [0.2, 0.25) is 0 Å². The monoisotopic (exact) mass is 195 g/mol. The molecule has 0 aromatic carbocycles. The summed E-state index contributed by atoms with van der Waals surface area (Å²) in [7, 11) is 4.06. The smallest absolute Gasteiger partial charge is 0.163 e. The van der Waals surface area contributed by atoms with Crippen molar-refractivity contribution in [1.82, 2.24) is 4.90 Å². The predicted molar refractivity (Wildman–Crippen MR) is 59.3 cm³/mol. The molecule has 1 aliphatic rings. The van der Waals surface area contributed by atoms with Crippen molar-refractivity contribution in [2.24, 2.45) is 5.92 Å². The maximum Gasteiger partial charge on any atom is 0.163 e. The molecule has 1 aliphatic carbocycles. The third-order valence-corrected chi connectivity index (χ3v) is 3.04. The molecule has 0 spiro atoms. The van der Waals surface area contributed by atoms with Crippen LogP contribution < -0.4 is 0 Å². The van der Waals surface area contributed by atoms with Gasteiger partial charge in [0.15, 0.2) is 5.78 Å². The quantitative estimate of drug-likeness (QED) is 0.644. The van der Waals surface area contributed by atoms with Gasteiger partial charge in [0.25, 0.3) is 0 Å². The van der Waals surface area contributed by atoms with E-state index in [-0.39, 0.29) is 5.92 Å². The number of hydrogen-bond donors (Lipinski definition) is 0. The van der Waals surface area contributed by atoms with E-state index in [4.69, 9.17) is 0 Å². The summed E-state index contributed by atoms with van der Waals surface area (Å²) in [4.78, 5) is 14.1. The zero-order valence-electron chi connectivity index (χ0n) is 9.76. The molecule has 1 atom stereocenters. The van der Waals surface area contributed by atoms with E-state index in [0.29, 0.717) is 5.78 Å². The molecule has 0 aromatic heterocycles. The summed E-state index contributed by atoms with van der Waals surface area (Å²) in [5.41, 5.74) is 2.40. The molecule has 0 heterocycles. The number of hydrogen-bond acceptors (Lipinski definition) is 2. The van der Waals surface area contributed by atoms with Gasteiger partial charge in [0.05, 0.1) is 0 Å². The maximum atomic E-state index is 12.0. The second-order valence-electron chi connectivity index (χ2n) is 4.47. The average Bonchev–Trinajstić information content (AvgIpc) is 2.46. The van der Waals surface area contributed by atoms with Crippen LogP contribution in [0, 0.1) is 5.92 Å². The molecule has 1 fully saturated rings. The first-order valence-corrected chi connectivity index (χ1v) is 5.43. The van der Waals surface area contributed by atoms with Crippen molar-refractivity contribution < 1.29 is 4.79 Å². The molecule has 0 saturated heterocycles. The number of allylic oxidation sites excluding steroid dienone is 2. The van der Waals surface area contributed by atoms with Crippen molar-refractivity contribution in [2.45, 2.75) is 33.1 Å². The summed E-state index contributed by atoms with van der Waals surface area (Å²) in [5.74, 6) is 0.652. The molecule has 0 N–H and O–H groups in total. The van der Waals surface area contributed by atoms with E-state index >= 15 is 0 Å². The number of nitrogens with zero attached hydrogens (tertiary/aromatic N) is 1. The van der Waals surface area contributed by atoms with E-state index in [1.165, 1.54) is 5.57 Å². The molecule has 1 unspecified atom stereocenters. The molecule has 2 nitrogen and oxygen atoms in total. The second kappa shape index (κ2) is 4.74. The van der Waals surface area contributed by atoms with Crippen LogP contribution >= 0.6 is 0 Å². The van der Waals surface area contributed by atoms with Crippen LogP contribution in [-0.4, -0.2) is 31.3 Å². The van der Waals surface area contributed by atoms with Crippen LogP contribution in [-0.2, 0) is 4.79 Å². The highest BCUT2D eigenvalue weighted by molar-refractivity contribution is 6.00. The van der Waals surface area contributed by atoms with Gasteiger partial charge in [-0.2, -0.15) is 0 Å². The summed E-state index contributed by atoms with van der Waals surface area (Å²) in [6.07, 6.45) is 3.05. The Bertz CT molecular complexity index is 253. The Morgan fingerprint density at radius 2 is 2.14 bits per heavy atom. The van der Waals surface area contributed by atoms with Crippen molar-refractivity contribution in [3.05, 3.63) is 11.1 Å². The molecule has 2 heteroatoms. The Kier molecular flexibility index (Phi) is 3.87. The van der Waals surface area contributed by atoms with Crippen LogP contribution in [0.1, 0.15) is 33.1 Å². The lowest BCUT2D eigenvalue weighted by molar-refractivity contribution is -0.118. The minimum absolute atomic E-state index is 0.251. The predicted octanol–water partition coefficient (Wildman–Crippen LogP) is 2.25. The van der Waals surface area contributed by atoms with Crippen molar-refractivity contribution in [1.29, 1.82) is 0 Å². The first-order valence-electron chi connectivity index (χ1n) is 5.43. The average molecular weight is 195 g/mol. The van der Waals surface area contributed by atoms with Crippen LogP contribution in [0.3, 0.4) is 0 Å². The molecule has 0 aliphatic heterocycles.